The molecule has 0 atom stereocenters. The van der Waals surface area contributed by atoms with Crippen molar-refractivity contribution >= 4 is 27.5 Å². The third-order valence-electron chi connectivity index (χ3n) is 5.71. The number of benzene rings is 2. The molecule has 0 aromatic heterocycles. The van der Waals surface area contributed by atoms with Gasteiger partial charge in [-0.1, -0.05) is 12.1 Å². The Kier molecular flexibility index (Phi) is 6.81. The zero-order valence-corrected chi connectivity index (χ0v) is 19.2. The number of nitrogens with one attached hydrogen (secondary N) is 1. The maximum absolute atomic E-state index is 12.9. The van der Waals surface area contributed by atoms with Gasteiger partial charge in [-0.25, -0.2) is 8.42 Å². The molecule has 0 spiro atoms. The molecule has 31 heavy (non-hydrogen) atoms. The van der Waals surface area contributed by atoms with Crippen molar-refractivity contribution in [1.29, 1.82) is 0 Å². The van der Waals surface area contributed by atoms with Crippen LogP contribution >= 0.6 is 0 Å². The highest BCUT2D eigenvalue weighted by Crippen LogP contribution is 2.24. The fourth-order valence-corrected chi connectivity index (χ4v) is 4.94. The van der Waals surface area contributed by atoms with Crippen LogP contribution in [0.1, 0.15) is 53.0 Å². The second kappa shape index (κ2) is 9.20. The van der Waals surface area contributed by atoms with Crippen LogP contribution < -0.4 is 5.32 Å². The predicted octanol–water partition coefficient (Wildman–Crippen LogP) is 3.51. The molecule has 1 aliphatic rings. The molecule has 2 aromatic carbocycles. The molecule has 0 bridgehead atoms. The largest absolute Gasteiger partial charge is 0.339 e. The van der Waals surface area contributed by atoms with Gasteiger partial charge in [0.25, 0.3) is 11.8 Å². The minimum atomic E-state index is -3.70. The van der Waals surface area contributed by atoms with Gasteiger partial charge in [-0.2, -0.15) is 4.31 Å². The Morgan fingerprint density at radius 2 is 1.71 bits per heavy atom. The molecule has 1 aliphatic heterocycles. The van der Waals surface area contributed by atoms with Crippen LogP contribution in [0.25, 0.3) is 0 Å². The summed E-state index contributed by atoms with van der Waals surface area (Å²) in [4.78, 5) is 27.6. The molecule has 1 heterocycles. The van der Waals surface area contributed by atoms with Crippen molar-refractivity contribution in [3.8, 4) is 0 Å². The van der Waals surface area contributed by atoms with Gasteiger partial charge in [0.15, 0.2) is 0 Å². The number of likely N-dealkylation sites (tertiary alicyclic amines) is 1. The van der Waals surface area contributed by atoms with Gasteiger partial charge in [-0.3, -0.25) is 9.59 Å². The Labute approximate surface area is 184 Å². The molecule has 166 valence electrons. The van der Waals surface area contributed by atoms with E-state index in [1.807, 2.05) is 4.90 Å². The number of hydrogen-bond donors (Lipinski definition) is 1. The lowest BCUT2D eigenvalue weighted by atomic mass is 10.0. The molecule has 1 saturated heterocycles. The molecule has 1 fully saturated rings. The van der Waals surface area contributed by atoms with E-state index >= 15 is 0 Å². The monoisotopic (exact) mass is 443 g/mol. The van der Waals surface area contributed by atoms with Gasteiger partial charge in [-0.15, -0.1) is 0 Å². The van der Waals surface area contributed by atoms with Crippen LogP contribution in [0.3, 0.4) is 0 Å². The molecule has 0 saturated carbocycles. The Morgan fingerprint density at radius 3 is 2.35 bits per heavy atom. The fraction of sp³-hybridized carbons (Fsp3) is 0.391. The molecular formula is C23H29N3O4S. The third-order valence-corrected chi connectivity index (χ3v) is 7.74. The molecule has 3 rings (SSSR count). The molecule has 2 aromatic rings. The maximum Gasteiger partial charge on any atom is 0.255 e. The lowest BCUT2D eigenvalue weighted by Crippen LogP contribution is -2.33. The van der Waals surface area contributed by atoms with Gasteiger partial charge >= 0.3 is 0 Å². The van der Waals surface area contributed by atoms with Crippen molar-refractivity contribution in [2.75, 3.05) is 25.5 Å². The highest BCUT2D eigenvalue weighted by molar-refractivity contribution is 7.89. The van der Waals surface area contributed by atoms with Crippen LogP contribution in [-0.4, -0.2) is 55.6 Å². The number of hydrogen-bond acceptors (Lipinski definition) is 4. The van der Waals surface area contributed by atoms with Crippen molar-refractivity contribution in [3.63, 3.8) is 0 Å². The second-order valence-corrected chi connectivity index (χ2v) is 10.1. The summed E-state index contributed by atoms with van der Waals surface area (Å²) in [6.07, 6.45) is 2.01. The molecule has 2 amide bonds. The molecule has 0 unspecified atom stereocenters. The Bertz CT molecular complexity index is 1090. The number of amides is 2. The number of rotatable bonds is 6. The van der Waals surface area contributed by atoms with E-state index in [4.69, 9.17) is 0 Å². The molecule has 0 aliphatic carbocycles. The highest BCUT2D eigenvalue weighted by Gasteiger charge is 2.25. The van der Waals surface area contributed by atoms with Crippen LogP contribution in [-0.2, 0) is 10.0 Å². The summed E-state index contributed by atoms with van der Waals surface area (Å²) >= 11 is 0. The van der Waals surface area contributed by atoms with Gasteiger partial charge in [0, 0.05) is 43.0 Å². The van der Waals surface area contributed by atoms with Gasteiger partial charge in [0.2, 0.25) is 10.0 Å². The zero-order chi connectivity index (χ0) is 22.8. The average Bonchev–Trinajstić information content (AvgIpc) is 3.29. The second-order valence-electron chi connectivity index (χ2n) is 8.07. The van der Waals surface area contributed by atoms with E-state index in [1.165, 1.54) is 23.5 Å². The first-order valence-corrected chi connectivity index (χ1v) is 11.8. The summed E-state index contributed by atoms with van der Waals surface area (Å²) < 4.78 is 26.8. The Balaban J connectivity index is 1.84. The summed E-state index contributed by atoms with van der Waals surface area (Å²) in [5.41, 5.74) is 2.02. The summed E-state index contributed by atoms with van der Waals surface area (Å²) in [5, 5.41) is 2.82. The Hall–Kier alpha value is -2.71. The van der Waals surface area contributed by atoms with Crippen LogP contribution in [0.5, 0.6) is 0 Å². The lowest BCUT2D eigenvalue weighted by molar-refractivity contribution is 0.0791. The highest BCUT2D eigenvalue weighted by atomic mass is 32.2. The number of sulfonamides is 1. The number of nitrogens with zero attached hydrogens (tertiary/aromatic N) is 2. The standard InChI is InChI=1S/C23H29N3O4S/c1-16(2)25(4)31(29,30)19-10-7-9-18(15-19)22(27)24-21-12-8-11-20(17(21)3)23(28)26-13-5-6-14-26/h7-12,15-16H,5-6,13-14H2,1-4H3,(H,24,27). The van der Waals surface area contributed by atoms with Crippen molar-refractivity contribution in [2.24, 2.45) is 0 Å². The molecule has 1 N–H and O–H groups in total. The quantitative estimate of drug-likeness (QED) is 0.740. The zero-order valence-electron chi connectivity index (χ0n) is 18.4. The van der Waals surface area contributed by atoms with E-state index < -0.39 is 15.9 Å². The normalized spacial score (nSPS) is 14.3. The summed E-state index contributed by atoms with van der Waals surface area (Å²) in [5.74, 6) is -0.464. The summed E-state index contributed by atoms with van der Waals surface area (Å²) in [6, 6.07) is 11.0. The van der Waals surface area contributed by atoms with Crippen molar-refractivity contribution in [2.45, 2.75) is 44.6 Å². The minimum absolute atomic E-state index is 0.0316. The van der Waals surface area contributed by atoms with Gasteiger partial charge in [0.05, 0.1) is 4.90 Å². The lowest BCUT2D eigenvalue weighted by Gasteiger charge is -2.21. The number of carbonyl (C=O) groups is 2. The van der Waals surface area contributed by atoms with E-state index in [0.29, 0.717) is 16.8 Å². The third kappa shape index (κ3) is 4.80. The van der Waals surface area contributed by atoms with Crippen LogP contribution in [0.2, 0.25) is 0 Å². The number of carbonyl (C=O) groups excluding carboxylic acids is 2. The predicted molar refractivity (Wildman–Crippen MR) is 121 cm³/mol. The van der Waals surface area contributed by atoms with Crippen molar-refractivity contribution in [3.05, 3.63) is 59.2 Å². The van der Waals surface area contributed by atoms with Crippen LogP contribution in [0.15, 0.2) is 47.4 Å². The molecular weight excluding hydrogens is 414 g/mol. The van der Waals surface area contributed by atoms with E-state index in [-0.39, 0.29) is 22.4 Å². The van der Waals surface area contributed by atoms with Crippen molar-refractivity contribution in [1.82, 2.24) is 9.21 Å². The summed E-state index contributed by atoms with van der Waals surface area (Å²) in [7, 11) is -2.19. The topological polar surface area (TPSA) is 86.8 Å². The van der Waals surface area contributed by atoms with Crippen LogP contribution in [0.4, 0.5) is 5.69 Å². The molecule has 7 nitrogen and oxygen atoms in total. The summed E-state index contributed by atoms with van der Waals surface area (Å²) in [6.45, 7) is 6.87. The van der Waals surface area contributed by atoms with Crippen molar-refractivity contribution < 1.29 is 18.0 Å². The van der Waals surface area contributed by atoms with E-state index in [2.05, 4.69) is 5.32 Å². The van der Waals surface area contributed by atoms with Gasteiger partial charge < -0.3 is 10.2 Å². The van der Waals surface area contributed by atoms with Crippen LogP contribution in [0, 0.1) is 6.92 Å². The van der Waals surface area contributed by atoms with E-state index in [9.17, 15) is 18.0 Å². The average molecular weight is 444 g/mol. The first-order valence-electron chi connectivity index (χ1n) is 10.4. The first-order chi connectivity index (χ1) is 14.6. The van der Waals surface area contributed by atoms with E-state index in [1.54, 1.807) is 51.1 Å². The minimum Gasteiger partial charge on any atom is -0.339 e. The van der Waals surface area contributed by atoms with Gasteiger partial charge in [-0.05, 0) is 69.5 Å². The number of anilines is 1. The van der Waals surface area contributed by atoms with E-state index in [0.717, 1.165) is 25.9 Å². The fourth-order valence-electron chi connectivity index (χ4n) is 3.53. The Morgan fingerprint density at radius 1 is 1.06 bits per heavy atom. The smallest absolute Gasteiger partial charge is 0.255 e. The molecule has 8 heteroatoms. The van der Waals surface area contributed by atoms with Gasteiger partial charge in [0.1, 0.15) is 0 Å². The first kappa shape index (κ1) is 23.0. The SMILES string of the molecule is Cc1c(NC(=O)c2cccc(S(=O)(=O)N(C)C(C)C)c2)cccc1C(=O)N1CCCC1. The maximum atomic E-state index is 12.9. The molecule has 0 radical (unpaired) electrons.